The second-order valence-corrected chi connectivity index (χ2v) is 5.02. The van der Waals surface area contributed by atoms with E-state index in [0.29, 0.717) is 17.0 Å². The predicted octanol–water partition coefficient (Wildman–Crippen LogP) is 3.63. The Labute approximate surface area is 124 Å². The van der Waals surface area contributed by atoms with Crippen molar-refractivity contribution in [3.8, 4) is 5.75 Å². The van der Waals surface area contributed by atoms with Crippen LogP contribution in [-0.4, -0.2) is 11.9 Å². The number of anilines is 1. The number of esters is 1. The van der Waals surface area contributed by atoms with Crippen molar-refractivity contribution in [2.75, 3.05) is 5.32 Å². The molecule has 0 saturated heterocycles. The number of nitrogens with one attached hydrogen (secondary N) is 1. The minimum absolute atomic E-state index is 0.157. The van der Waals surface area contributed by atoms with Gasteiger partial charge in [-0.1, -0.05) is 15.9 Å². The molecule has 0 spiro atoms. The fourth-order valence-electron chi connectivity index (χ4n) is 1.56. The predicted molar refractivity (Wildman–Crippen MR) is 79.8 cm³/mol. The van der Waals surface area contributed by atoms with Gasteiger partial charge in [-0.15, -0.1) is 0 Å². The number of hydrogen-bond donors (Lipinski definition) is 1. The van der Waals surface area contributed by atoms with Crippen LogP contribution in [0.3, 0.4) is 0 Å². The monoisotopic (exact) mass is 333 g/mol. The molecule has 102 valence electrons. The van der Waals surface area contributed by atoms with Gasteiger partial charge in [0.15, 0.2) is 0 Å². The number of carbonyl (C=O) groups is 2. The highest BCUT2D eigenvalue weighted by Gasteiger charge is 2.08. The van der Waals surface area contributed by atoms with Gasteiger partial charge in [0.1, 0.15) is 5.75 Å². The van der Waals surface area contributed by atoms with E-state index in [1.54, 1.807) is 48.5 Å². The lowest BCUT2D eigenvalue weighted by Gasteiger charge is -2.06. The van der Waals surface area contributed by atoms with Crippen LogP contribution in [0.15, 0.2) is 53.0 Å². The van der Waals surface area contributed by atoms with Crippen LogP contribution in [0.2, 0.25) is 0 Å². The molecule has 2 aromatic carbocycles. The molecule has 0 saturated carbocycles. The van der Waals surface area contributed by atoms with Crippen molar-refractivity contribution in [1.82, 2.24) is 0 Å². The number of benzene rings is 2. The first-order chi connectivity index (χ1) is 9.54. The van der Waals surface area contributed by atoms with E-state index in [0.717, 1.165) is 4.47 Å². The van der Waals surface area contributed by atoms with Crippen molar-refractivity contribution in [3.05, 3.63) is 58.6 Å². The Hall–Kier alpha value is -2.14. The fraction of sp³-hybridized carbons (Fsp3) is 0.0667. The molecule has 0 unspecified atom stereocenters. The standard InChI is InChI=1S/C15H12BrNO3/c1-10(18)17-13-6-2-11(3-7-13)15(19)20-14-8-4-12(16)5-9-14/h2-9H,1H3,(H,17,18). The largest absolute Gasteiger partial charge is 0.423 e. The first-order valence-electron chi connectivity index (χ1n) is 5.90. The van der Waals surface area contributed by atoms with Crippen LogP contribution in [0.4, 0.5) is 5.69 Å². The molecule has 0 heterocycles. The molecule has 4 nitrogen and oxygen atoms in total. The number of carbonyl (C=O) groups excluding carboxylic acids is 2. The van der Waals surface area contributed by atoms with Crippen molar-refractivity contribution in [1.29, 1.82) is 0 Å². The molecule has 0 aliphatic heterocycles. The summed E-state index contributed by atoms with van der Waals surface area (Å²) in [5, 5.41) is 2.63. The lowest BCUT2D eigenvalue weighted by Crippen LogP contribution is -2.09. The maximum absolute atomic E-state index is 11.9. The van der Waals surface area contributed by atoms with Crippen LogP contribution in [-0.2, 0) is 4.79 Å². The Morgan fingerprint density at radius 2 is 1.60 bits per heavy atom. The maximum Gasteiger partial charge on any atom is 0.343 e. The highest BCUT2D eigenvalue weighted by molar-refractivity contribution is 9.10. The van der Waals surface area contributed by atoms with Gasteiger partial charge in [-0.05, 0) is 48.5 Å². The van der Waals surface area contributed by atoms with Crippen LogP contribution >= 0.6 is 15.9 Å². The van der Waals surface area contributed by atoms with Gasteiger partial charge in [0.2, 0.25) is 5.91 Å². The van der Waals surface area contributed by atoms with Crippen LogP contribution < -0.4 is 10.1 Å². The molecule has 2 rings (SSSR count). The summed E-state index contributed by atoms with van der Waals surface area (Å²) in [5.74, 6) is -0.124. The number of halogens is 1. The zero-order chi connectivity index (χ0) is 14.5. The summed E-state index contributed by atoms with van der Waals surface area (Å²) in [4.78, 5) is 22.8. The topological polar surface area (TPSA) is 55.4 Å². The summed E-state index contributed by atoms with van der Waals surface area (Å²) in [5.41, 5.74) is 1.06. The molecule has 5 heteroatoms. The molecule has 0 bridgehead atoms. The van der Waals surface area contributed by atoms with E-state index >= 15 is 0 Å². The minimum atomic E-state index is -0.443. The summed E-state index contributed by atoms with van der Waals surface area (Å²) in [6.07, 6.45) is 0. The van der Waals surface area contributed by atoms with Gasteiger partial charge >= 0.3 is 5.97 Å². The molecular formula is C15H12BrNO3. The molecule has 0 aromatic heterocycles. The highest BCUT2D eigenvalue weighted by atomic mass is 79.9. The summed E-state index contributed by atoms with van der Waals surface area (Å²) in [7, 11) is 0. The zero-order valence-corrected chi connectivity index (χ0v) is 12.3. The third-order valence-corrected chi connectivity index (χ3v) is 2.99. The Morgan fingerprint density at radius 1 is 1.00 bits per heavy atom. The molecule has 1 N–H and O–H groups in total. The van der Waals surface area contributed by atoms with E-state index in [4.69, 9.17) is 4.74 Å². The van der Waals surface area contributed by atoms with E-state index < -0.39 is 5.97 Å². The minimum Gasteiger partial charge on any atom is -0.423 e. The Bertz CT molecular complexity index is 621. The van der Waals surface area contributed by atoms with Gasteiger partial charge in [-0.2, -0.15) is 0 Å². The second kappa shape index (κ2) is 6.34. The third-order valence-electron chi connectivity index (χ3n) is 2.47. The Balaban J connectivity index is 2.05. The molecule has 0 atom stereocenters. The van der Waals surface area contributed by atoms with Crippen LogP contribution in [0.25, 0.3) is 0 Å². The van der Waals surface area contributed by atoms with Gasteiger partial charge in [-0.25, -0.2) is 4.79 Å². The van der Waals surface area contributed by atoms with Gasteiger partial charge in [0, 0.05) is 17.1 Å². The summed E-state index contributed by atoms with van der Waals surface area (Å²) < 4.78 is 6.14. The Morgan fingerprint density at radius 3 is 2.15 bits per heavy atom. The number of ether oxygens (including phenoxy) is 1. The van der Waals surface area contributed by atoms with Crippen LogP contribution in [0, 0.1) is 0 Å². The van der Waals surface area contributed by atoms with Crippen molar-refractivity contribution in [2.45, 2.75) is 6.92 Å². The van der Waals surface area contributed by atoms with E-state index in [1.165, 1.54) is 6.92 Å². The Kier molecular flexibility index (Phi) is 4.53. The number of rotatable bonds is 3. The SMILES string of the molecule is CC(=O)Nc1ccc(C(=O)Oc2ccc(Br)cc2)cc1. The molecule has 1 amide bonds. The van der Waals surface area contributed by atoms with Gasteiger partial charge < -0.3 is 10.1 Å². The van der Waals surface area contributed by atoms with E-state index in [1.807, 2.05) is 0 Å². The number of amides is 1. The molecule has 2 aromatic rings. The summed E-state index contributed by atoms with van der Waals surface area (Å²) >= 11 is 3.31. The van der Waals surface area contributed by atoms with E-state index in [-0.39, 0.29) is 5.91 Å². The van der Waals surface area contributed by atoms with Gasteiger partial charge in [0.05, 0.1) is 5.56 Å². The van der Waals surface area contributed by atoms with E-state index in [9.17, 15) is 9.59 Å². The molecule has 0 fully saturated rings. The van der Waals surface area contributed by atoms with Gasteiger partial charge in [0.25, 0.3) is 0 Å². The third kappa shape index (κ3) is 3.93. The molecular weight excluding hydrogens is 322 g/mol. The van der Waals surface area contributed by atoms with Crippen molar-refractivity contribution in [3.63, 3.8) is 0 Å². The maximum atomic E-state index is 11.9. The fourth-order valence-corrected chi connectivity index (χ4v) is 1.83. The molecule has 20 heavy (non-hydrogen) atoms. The summed E-state index contributed by atoms with van der Waals surface area (Å²) in [6.45, 7) is 1.43. The first-order valence-corrected chi connectivity index (χ1v) is 6.69. The van der Waals surface area contributed by atoms with Crippen LogP contribution in [0.5, 0.6) is 5.75 Å². The summed E-state index contributed by atoms with van der Waals surface area (Å²) in [6, 6.07) is 13.5. The molecule has 0 aliphatic rings. The average Bonchev–Trinajstić information content (AvgIpc) is 2.41. The molecule has 0 aliphatic carbocycles. The van der Waals surface area contributed by atoms with Crippen LogP contribution in [0.1, 0.15) is 17.3 Å². The van der Waals surface area contributed by atoms with Crippen molar-refractivity contribution < 1.29 is 14.3 Å². The number of hydrogen-bond acceptors (Lipinski definition) is 3. The normalized spacial score (nSPS) is 9.90. The first kappa shape index (κ1) is 14.3. The smallest absolute Gasteiger partial charge is 0.343 e. The van der Waals surface area contributed by atoms with Gasteiger partial charge in [-0.3, -0.25) is 4.79 Å². The average molecular weight is 334 g/mol. The van der Waals surface area contributed by atoms with Crippen molar-refractivity contribution in [2.24, 2.45) is 0 Å². The second-order valence-electron chi connectivity index (χ2n) is 4.10. The lowest BCUT2D eigenvalue weighted by molar-refractivity contribution is -0.114. The molecule has 0 radical (unpaired) electrons. The van der Waals surface area contributed by atoms with Crippen molar-refractivity contribution >= 4 is 33.5 Å². The quantitative estimate of drug-likeness (QED) is 0.689. The van der Waals surface area contributed by atoms with E-state index in [2.05, 4.69) is 21.2 Å². The highest BCUT2D eigenvalue weighted by Crippen LogP contribution is 2.18. The zero-order valence-electron chi connectivity index (χ0n) is 10.7. The lowest BCUT2D eigenvalue weighted by atomic mass is 10.2.